The maximum Gasteiger partial charge on any atom is 0.246 e. The number of likely N-dealkylation sites (tertiary alicyclic amines) is 1. The fourth-order valence-electron chi connectivity index (χ4n) is 8.93. The van der Waals surface area contributed by atoms with E-state index < -0.39 is 12.1 Å². The molecule has 0 unspecified atom stereocenters. The third-order valence-electron chi connectivity index (χ3n) is 11.0. The van der Waals surface area contributed by atoms with Gasteiger partial charge in [-0.3, -0.25) is 9.69 Å². The third kappa shape index (κ3) is 5.86. The average Bonchev–Trinajstić information content (AvgIpc) is 3.80. The summed E-state index contributed by atoms with van der Waals surface area (Å²) in [6.07, 6.45) is 9.97. The molecule has 13 heteroatoms. The van der Waals surface area contributed by atoms with Gasteiger partial charge in [-0.25, -0.2) is 9.37 Å². The van der Waals surface area contributed by atoms with Gasteiger partial charge in [-0.05, 0) is 97.4 Å². The van der Waals surface area contributed by atoms with Crippen molar-refractivity contribution < 1.29 is 18.4 Å². The number of ether oxygens (including phenoxy) is 1. The molecule has 0 bridgehead atoms. The number of carbonyl (C=O) groups excluding carboxylic acids is 1. The van der Waals surface area contributed by atoms with Crippen molar-refractivity contribution in [3.63, 3.8) is 0 Å². The highest BCUT2D eigenvalue weighted by atomic mass is 32.1. The lowest BCUT2D eigenvalue weighted by Crippen LogP contribution is -2.58. The van der Waals surface area contributed by atoms with Crippen molar-refractivity contribution in [2.24, 2.45) is 0 Å². The highest BCUT2D eigenvalue weighted by Gasteiger charge is 2.49. The Labute approximate surface area is 290 Å². The molecule has 2 N–H and O–H groups in total. The number of likely N-dealkylation sites (N-methyl/N-ethyl adjacent to an activating group) is 1. The molecular weight excluding hydrogens is 644 g/mol. The van der Waals surface area contributed by atoms with Crippen LogP contribution in [-0.4, -0.2) is 88.4 Å². The first-order valence-electron chi connectivity index (χ1n) is 17.5. The summed E-state index contributed by atoms with van der Waals surface area (Å²) in [5, 5.41) is 15.4. The Balaban J connectivity index is 1.28. The molecule has 0 radical (unpaired) electrons. The summed E-state index contributed by atoms with van der Waals surface area (Å²) in [7, 11) is 2.13. The number of carbonyl (C=O) groups is 1. The van der Waals surface area contributed by atoms with E-state index in [0.717, 1.165) is 74.8 Å². The van der Waals surface area contributed by atoms with Crippen LogP contribution >= 0.6 is 11.3 Å². The monoisotopic (exact) mass is 688 g/mol. The van der Waals surface area contributed by atoms with E-state index in [-0.39, 0.29) is 30.1 Å². The van der Waals surface area contributed by atoms with Gasteiger partial charge in [0.05, 0.1) is 11.0 Å². The van der Waals surface area contributed by atoms with Crippen LogP contribution in [0.25, 0.3) is 11.5 Å². The van der Waals surface area contributed by atoms with Crippen LogP contribution in [0.5, 0.6) is 5.88 Å². The number of nitrogens with two attached hydrogens (primary N) is 1. The number of aryl methyl sites for hydroxylation is 1. The molecule has 7 rings (SSSR count). The number of thiophene rings is 1. The molecule has 2 aliphatic heterocycles. The Morgan fingerprint density at radius 2 is 2.00 bits per heavy atom. The first-order chi connectivity index (χ1) is 23.6. The van der Waals surface area contributed by atoms with Crippen molar-refractivity contribution in [2.45, 2.75) is 102 Å². The summed E-state index contributed by atoms with van der Waals surface area (Å²) in [5.41, 5.74) is 9.11. The highest BCUT2D eigenvalue weighted by molar-refractivity contribution is 7.16. The molecule has 3 aromatic rings. The first kappa shape index (κ1) is 33.5. The molecule has 2 fully saturated rings. The van der Waals surface area contributed by atoms with Crippen molar-refractivity contribution in [1.82, 2.24) is 24.9 Å². The van der Waals surface area contributed by atoms with E-state index in [1.165, 1.54) is 28.4 Å². The molecule has 5 atom stereocenters. The van der Waals surface area contributed by atoms with Crippen molar-refractivity contribution in [2.75, 3.05) is 44.0 Å². The number of anilines is 2. The molecule has 1 spiro atoms. The summed E-state index contributed by atoms with van der Waals surface area (Å²) in [5.74, 6) is 2.21. The predicted octanol–water partition coefficient (Wildman–Crippen LogP) is 5.42. The lowest BCUT2D eigenvalue weighted by molar-refractivity contribution is -0.130. The van der Waals surface area contributed by atoms with Gasteiger partial charge >= 0.3 is 0 Å². The second-order valence-corrected chi connectivity index (χ2v) is 15.3. The van der Waals surface area contributed by atoms with E-state index >= 15 is 0 Å². The van der Waals surface area contributed by atoms with E-state index in [4.69, 9.17) is 25.0 Å². The molecule has 260 valence electrons. The molecule has 5 heterocycles. The van der Waals surface area contributed by atoms with Crippen molar-refractivity contribution >= 4 is 28.1 Å². The van der Waals surface area contributed by atoms with Crippen LogP contribution in [-0.2, 0) is 23.1 Å². The van der Waals surface area contributed by atoms with Gasteiger partial charge in [0.1, 0.15) is 29.7 Å². The average molecular weight is 689 g/mol. The Bertz CT molecular complexity index is 1780. The van der Waals surface area contributed by atoms with Gasteiger partial charge < -0.3 is 24.8 Å². The number of rotatable bonds is 7. The molecule has 1 amide bonds. The molecule has 0 saturated carbocycles. The van der Waals surface area contributed by atoms with Gasteiger partial charge in [-0.2, -0.15) is 10.2 Å². The van der Waals surface area contributed by atoms with Crippen LogP contribution in [0.2, 0.25) is 0 Å². The molecule has 11 nitrogen and oxygen atoms in total. The van der Waals surface area contributed by atoms with Gasteiger partial charge in [0.15, 0.2) is 17.3 Å². The summed E-state index contributed by atoms with van der Waals surface area (Å²) < 4.78 is 25.7. The van der Waals surface area contributed by atoms with Crippen LogP contribution in [0, 0.1) is 11.3 Å². The van der Waals surface area contributed by atoms with Crippen LogP contribution in [0.15, 0.2) is 22.7 Å². The van der Waals surface area contributed by atoms with Crippen LogP contribution in [0.4, 0.5) is 15.2 Å². The summed E-state index contributed by atoms with van der Waals surface area (Å²) >= 11 is 1.53. The minimum atomic E-state index is -0.676. The minimum Gasteiger partial charge on any atom is -0.473 e. The number of allylic oxidation sites excluding steroid dienone is 1. The summed E-state index contributed by atoms with van der Waals surface area (Å²) in [6, 6.07) is 4.29. The third-order valence-corrected chi connectivity index (χ3v) is 12.1. The molecule has 2 aliphatic carbocycles. The number of hydrogen-bond acceptors (Lipinski definition) is 11. The fourth-order valence-corrected chi connectivity index (χ4v) is 10.1. The zero-order chi connectivity index (χ0) is 34.4. The second kappa shape index (κ2) is 13.4. The van der Waals surface area contributed by atoms with E-state index in [2.05, 4.69) is 35.0 Å². The zero-order valence-corrected chi connectivity index (χ0v) is 29.6. The van der Waals surface area contributed by atoms with Crippen LogP contribution in [0.3, 0.4) is 0 Å². The van der Waals surface area contributed by atoms with Gasteiger partial charge in [0.2, 0.25) is 11.8 Å². The SMILES string of the molecule is C[C@H](Oc1cc(N2C[C@H](C)N(C(=O)/C=C/CF)[C@@H](C)C2)nc(-c2noc3c2CCC[C@@]32CCCc3sc(N)c(C#N)c32)n1)[C@@H]1CCCN1C. The van der Waals surface area contributed by atoms with Gasteiger partial charge in [-0.1, -0.05) is 5.16 Å². The van der Waals surface area contributed by atoms with Crippen LogP contribution < -0.4 is 15.4 Å². The minimum absolute atomic E-state index is 0.0960. The standard InChI is InChI=1S/C36H45FN8O3S/c1-21-19-44(20-22(2)45(21)30(46)12-7-15-37)28-17-29(47-23(3)26-10-8-16-43(26)4)41-35(40-28)32-24-9-5-13-36(33(24)48-42-32)14-6-11-27-31(36)25(18-38)34(39)49-27/h7,12,17,21-23,26H,5-6,8-11,13-16,19-20,39H2,1-4H3/b12-7+/t21-,22-,23-,26-,36-/m0/s1. The van der Waals surface area contributed by atoms with Gasteiger partial charge in [0.25, 0.3) is 0 Å². The Morgan fingerprint density at radius 3 is 2.69 bits per heavy atom. The molecule has 0 aromatic carbocycles. The topological polar surface area (TPSA) is 138 Å². The number of alkyl halides is 1. The Kier molecular flexibility index (Phi) is 9.13. The predicted molar refractivity (Wildman–Crippen MR) is 186 cm³/mol. The smallest absolute Gasteiger partial charge is 0.246 e. The van der Waals surface area contributed by atoms with Gasteiger partial charge in [-0.15, -0.1) is 11.3 Å². The highest BCUT2D eigenvalue weighted by Crippen LogP contribution is 2.55. The molecular formula is C36H45FN8O3S. The maximum atomic E-state index is 12.9. The number of piperazine rings is 1. The number of amides is 1. The number of hydrogen-bond donors (Lipinski definition) is 1. The second-order valence-electron chi connectivity index (χ2n) is 14.2. The molecule has 3 aromatic heterocycles. The van der Waals surface area contributed by atoms with Crippen molar-refractivity contribution in [1.29, 1.82) is 5.26 Å². The molecule has 4 aliphatic rings. The first-order valence-corrected chi connectivity index (χ1v) is 18.3. The lowest BCUT2D eigenvalue weighted by atomic mass is 9.63. The molecule has 49 heavy (non-hydrogen) atoms. The number of nitriles is 1. The summed E-state index contributed by atoms with van der Waals surface area (Å²) in [4.78, 5) is 30.4. The number of halogens is 1. The van der Waals surface area contributed by atoms with Crippen molar-refractivity contribution in [3.8, 4) is 23.5 Å². The largest absolute Gasteiger partial charge is 0.473 e. The number of fused-ring (bicyclic) bond motifs is 4. The van der Waals surface area contributed by atoms with E-state index in [9.17, 15) is 14.4 Å². The maximum absolute atomic E-state index is 12.9. The zero-order valence-electron chi connectivity index (χ0n) is 28.7. The van der Waals surface area contributed by atoms with E-state index in [0.29, 0.717) is 46.9 Å². The Hall–Kier alpha value is -4.02. The number of nitrogen functional groups attached to an aromatic ring is 1. The number of aromatic nitrogens is 3. The summed E-state index contributed by atoms with van der Waals surface area (Å²) in [6.45, 7) is 7.53. The number of nitrogens with zero attached hydrogens (tertiary/aromatic N) is 7. The quantitative estimate of drug-likeness (QED) is 0.321. The van der Waals surface area contributed by atoms with Crippen LogP contribution in [0.1, 0.15) is 86.6 Å². The Morgan fingerprint density at radius 1 is 1.24 bits per heavy atom. The van der Waals surface area contributed by atoms with Gasteiger partial charge in [0, 0.05) is 53.8 Å². The lowest BCUT2D eigenvalue weighted by Gasteiger charge is -2.44. The van der Waals surface area contributed by atoms with E-state index in [1.54, 1.807) is 4.90 Å². The molecule has 2 saturated heterocycles. The van der Waals surface area contributed by atoms with Crippen molar-refractivity contribution in [3.05, 3.63) is 45.5 Å². The fraction of sp³-hybridized carbons (Fsp3) is 0.583. The normalized spacial score (nSPS) is 26.2. The van der Waals surface area contributed by atoms with E-state index in [1.807, 2.05) is 19.9 Å².